The maximum absolute atomic E-state index is 12.6. The highest BCUT2D eigenvalue weighted by Gasteiger charge is 2.29. The first-order chi connectivity index (χ1) is 14.4. The molecule has 0 radical (unpaired) electrons. The van der Waals surface area contributed by atoms with Gasteiger partial charge >= 0.3 is 6.18 Å². The fourth-order valence-corrected chi connectivity index (χ4v) is 3.18. The van der Waals surface area contributed by atoms with E-state index in [1.807, 2.05) is 35.0 Å². The summed E-state index contributed by atoms with van der Waals surface area (Å²) in [5, 5.41) is 12.5. The predicted molar refractivity (Wildman–Crippen MR) is 109 cm³/mol. The van der Waals surface area contributed by atoms with Crippen LogP contribution < -0.4 is 5.32 Å². The number of carbonyl (C=O) groups is 1. The molecule has 154 valence electrons. The fraction of sp³-hybridized carbons (Fsp3) is 0.217. The Labute approximate surface area is 172 Å². The van der Waals surface area contributed by atoms with Crippen LogP contribution in [0.5, 0.6) is 0 Å². The number of aryl methyl sites for hydroxylation is 1. The molecule has 3 aromatic rings. The molecule has 0 aliphatic carbocycles. The molecule has 1 heterocycles. The molecule has 1 aromatic heterocycles. The summed E-state index contributed by atoms with van der Waals surface area (Å²) in [7, 11) is 0. The minimum Gasteiger partial charge on any atom is -0.352 e. The molecule has 0 aliphatic heterocycles. The average molecular weight is 411 g/mol. The van der Waals surface area contributed by atoms with Gasteiger partial charge < -0.3 is 9.88 Å². The largest absolute Gasteiger partial charge is 0.416 e. The number of amides is 1. The molecule has 1 amide bonds. The van der Waals surface area contributed by atoms with Gasteiger partial charge in [-0.2, -0.15) is 18.4 Å². The normalized spacial score (nSPS) is 11.7. The van der Waals surface area contributed by atoms with Crippen LogP contribution in [-0.4, -0.2) is 17.0 Å². The number of alkyl halides is 3. The Bertz CT molecular complexity index is 1090. The van der Waals surface area contributed by atoms with Gasteiger partial charge in [0.05, 0.1) is 18.1 Å². The number of rotatable bonds is 7. The Hall–Kier alpha value is -3.53. The smallest absolute Gasteiger partial charge is 0.352 e. The summed E-state index contributed by atoms with van der Waals surface area (Å²) in [4.78, 5) is 12.1. The van der Waals surface area contributed by atoms with E-state index in [2.05, 4.69) is 11.4 Å². The molecule has 0 fully saturated rings. The Morgan fingerprint density at radius 2 is 1.87 bits per heavy atom. The van der Waals surface area contributed by atoms with Crippen molar-refractivity contribution in [2.45, 2.75) is 25.6 Å². The van der Waals surface area contributed by atoms with Crippen molar-refractivity contribution in [2.24, 2.45) is 0 Å². The molecule has 0 saturated carbocycles. The van der Waals surface area contributed by atoms with Crippen LogP contribution in [0, 0.1) is 11.3 Å². The second kappa shape index (κ2) is 9.31. The van der Waals surface area contributed by atoms with Gasteiger partial charge in [-0.25, -0.2) is 0 Å². The third-order valence-corrected chi connectivity index (χ3v) is 4.69. The summed E-state index contributed by atoms with van der Waals surface area (Å²) >= 11 is 0. The number of benzene rings is 2. The standard InChI is InChI=1S/C23H20F3N3O/c24-23(25,26)19-9-6-17(7-10-19)12-14-28-22(30)11-8-18-16-29(15-3-13-27)21-5-2-1-4-20(18)21/h1-2,4-11,16H,3,12,14-15H2,(H,28,30)/b11-8+. The molecule has 0 aliphatic rings. The van der Waals surface area contributed by atoms with E-state index in [0.717, 1.165) is 28.6 Å². The van der Waals surface area contributed by atoms with Crippen molar-refractivity contribution >= 4 is 22.9 Å². The summed E-state index contributed by atoms with van der Waals surface area (Å²) in [6.07, 6.45) is 1.54. The molecule has 30 heavy (non-hydrogen) atoms. The molecule has 0 bridgehead atoms. The molecule has 0 spiro atoms. The quantitative estimate of drug-likeness (QED) is 0.560. The molecule has 0 unspecified atom stereocenters. The lowest BCUT2D eigenvalue weighted by Gasteiger charge is -2.07. The number of para-hydroxylation sites is 1. The van der Waals surface area contributed by atoms with Gasteiger partial charge in [0.1, 0.15) is 0 Å². The molecule has 2 aromatic carbocycles. The molecule has 0 saturated heterocycles. The summed E-state index contributed by atoms with van der Waals surface area (Å²) in [6.45, 7) is 0.892. The lowest BCUT2D eigenvalue weighted by molar-refractivity contribution is -0.137. The second-order valence-corrected chi connectivity index (χ2v) is 6.77. The Balaban J connectivity index is 1.58. The van der Waals surface area contributed by atoms with Gasteiger partial charge in [-0.15, -0.1) is 0 Å². The second-order valence-electron chi connectivity index (χ2n) is 6.77. The third-order valence-electron chi connectivity index (χ3n) is 4.69. The number of halogens is 3. The van der Waals surface area contributed by atoms with Crippen LogP contribution in [0.1, 0.15) is 23.1 Å². The van der Waals surface area contributed by atoms with Crippen molar-refractivity contribution in [2.75, 3.05) is 6.54 Å². The number of hydrogen-bond donors (Lipinski definition) is 1. The summed E-state index contributed by atoms with van der Waals surface area (Å²) in [5.41, 5.74) is 1.90. The lowest BCUT2D eigenvalue weighted by atomic mass is 10.1. The van der Waals surface area contributed by atoms with E-state index in [4.69, 9.17) is 5.26 Å². The highest BCUT2D eigenvalue weighted by Crippen LogP contribution is 2.29. The van der Waals surface area contributed by atoms with Gasteiger partial charge in [-0.1, -0.05) is 30.3 Å². The average Bonchev–Trinajstić information content (AvgIpc) is 3.08. The zero-order valence-electron chi connectivity index (χ0n) is 16.1. The monoisotopic (exact) mass is 411 g/mol. The zero-order valence-corrected chi connectivity index (χ0v) is 16.1. The fourth-order valence-electron chi connectivity index (χ4n) is 3.18. The van der Waals surface area contributed by atoms with E-state index in [9.17, 15) is 18.0 Å². The Morgan fingerprint density at radius 1 is 1.13 bits per heavy atom. The van der Waals surface area contributed by atoms with Gasteiger partial charge in [0.25, 0.3) is 0 Å². The maximum atomic E-state index is 12.6. The first-order valence-electron chi connectivity index (χ1n) is 9.45. The van der Waals surface area contributed by atoms with Gasteiger partial charge in [0.15, 0.2) is 0 Å². The van der Waals surface area contributed by atoms with Crippen molar-refractivity contribution < 1.29 is 18.0 Å². The van der Waals surface area contributed by atoms with E-state index < -0.39 is 11.7 Å². The van der Waals surface area contributed by atoms with Gasteiger partial charge in [-0.05, 0) is 36.3 Å². The van der Waals surface area contributed by atoms with Crippen LogP contribution in [0.3, 0.4) is 0 Å². The highest BCUT2D eigenvalue weighted by atomic mass is 19.4. The molecule has 3 rings (SSSR count). The Morgan fingerprint density at radius 3 is 2.57 bits per heavy atom. The summed E-state index contributed by atoms with van der Waals surface area (Å²) < 4.78 is 39.7. The van der Waals surface area contributed by atoms with Crippen LogP contribution >= 0.6 is 0 Å². The van der Waals surface area contributed by atoms with Crippen molar-refractivity contribution in [1.82, 2.24) is 9.88 Å². The topological polar surface area (TPSA) is 57.8 Å². The minimum absolute atomic E-state index is 0.282. The maximum Gasteiger partial charge on any atom is 0.416 e. The predicted octanol–water partition coefficient (Wildman–Crippen LogP) is 4.95. The molecule has 7 heteroatoms. The van der Waals surface area contributed by atoms with E-state index in [0.29, 0.717) is 31.5 Å². The number of nitrogens with zero attached hydrogens (tertiary/aromatic N) is 2. The minimum atomic E-state index is -4.35. The van der Waals surface area contributed by atoms with Crippen molar-refractivity contribution in [3.05, 3.63) is 77.5 Å². The first kappa shape index (κ1) is 21.2. The number of fused-ring (bicyclic) bond motifs is 1. The molecular weight excluding hydrogens is 391 g/mol. The SMILES string of the molecule is N#CCCn1cc(/C=C/C(=O)NCCc2ccc(C(F)(F)F)cc2)c2ccccc21. The van der Waals surface area contributed by atoms with Gasteiger partial charge in [0, 0.05) is 41.8 Å². The van der Waals surface area contributed by atoms with Crippen molar-refractivity contribution in [3.8, 4) is 6.07 Å². The van der Waals surface area contributed by atoms with Gasteiger partial charge in [0.2, 0.25) is 5.91 Å². The Kier molecular flexibility index (Phi) is 6.58. The number of hydrogen-bond acceptors (Lipinski definition) is 2. The number of carbonyl (C=O) groups excluding carboxylic acids is 1. The molecule has 0 atom stereocenters. The number of aromatic nitrogens is 1. The van der Waals surface area contributed by atoms with E-state index in [-0.39, 0.29) is 5.91 Å². The van der Waals surface area contributed by atoms with E-state index in [1.165, 1.54) is 18.2 Å². The molecule has 4 nitrogen and oxygen atoms in total. The first-order valence-corrected chi connectivity index (χ1v) is 9.45. The van der Waals surface area contributed by atoms with Crippen LogP contribution in [-0.2, 0) is 23.9 Å². The van der Waals surface area contributed by atoms with E-state index >= 15 is 0 Å². The number of nitrogens with one attached hydrogen (secondary N) is 1. The van der Waals surface area contributed by atoms with Crippen molar-refractivity contribution in [1.29, 1.82) is 5.26 Å². The zero-order chi connectivity index (χ0) is 21.6. The van der Waals surface area contributed by atoms with E-state index in [1.54, 1.807) is 6.08 Å². The summed E-state index contributed by atoms with van der Waals surface area (Å²) in [5.74, 6) is -0.282. The van der Waals surface area contributed by atoms with Crippen LogP contribution in [0.4, 0.5) is 13.2 Å². The third kappa shape index (κ3) is 5.29. The lowest BCUT2D eigenvalue weighted by Crippen LogP contribution is -2.23. The summed E-state index contributed by atoms with van der Waals surface area (Å²) in [6, 6.07) is 14.8. The molecule has 1 N–H and O–H groups in total. The van der Waals surface area contributed by atoms with Gasteiger partial charge in [-0.3, -0.25) is 4.79 Å². The number of nitriles is 1. The van der Waals surface area contributed by atoms with Crippen LogP contribution in [0.25, 0.3) is 17.0 Å². The molecular formula is C23H20F3N3O. The highest BCUT2D eigenvalue weighted by molar-refractivity contribution is 5.96. The van der Waals surface area contributed by atoms with Crippen LogP contribution in [0.15, 0.2) is 60.8 Å². The van der Waals surface area contributed by atoms with Crippen LogP contribution in [0.2, 0.25) is 0 Å². The van der Waals surface area contributed by atoms with Crippen molar-refractivity contribution in [3.63, 3.8) is 0 Å².